The number of aromatic amines is 1. The first-order chi connectivity index (χ1) is 54.2. The van der Waals surface area contributed by atoms with Gasteiger partial charge in [-0.15, -0.1) is 0 Å². The predicted octanol–water partition coefficient (Wildman–Crippen LogP) is 0.899. The molecule has 612 valence electrons. The molecule has 59 heteroatoms. The predicted molar refractivity (Wildman–Crippen MR) is 406 cm³/mol. The lowest BCUT2D eigenvalue weighted by atomic mass is 9.94. The van der Waals surface area contributed by atoms with Gasteiger partial charge in [0, 0.05) is 26.4 Å². The lowest BCUT2D eigenvalue weighted by molar-refractivity contribution is -0.217. The van der Waals surface area contributed by atoms with Crippen LogP contribution in [0.3, 0.4) is 0 Å². The SMILES string of the molecule is COP(O)(=S)O[C@@H]1C[C@H](n2cnc3c(N)ncnc32)O[C@@H]1COP(O)(=S)O[C@@H]1C[C@H](n2cnc3c(=O)[nH]c(N)nc32)O[C@@H]1COP(O)(=S)O[C@@H]1C[C@H](n2cnc3c(N)ncnc32)O[C@@H]1COP(=O)(S)O[C@@H]1C2O[C@@H](C)[C@]1(COP(O)(=S)O[C@@H]1C3O[C@@H](C)[C@]1(CO)O[C@H]3n1cnc3c(N)ncnc31)O[C@H]2n1cnc2c(N)ncnc21. The second-order valence-corrected chi connectivity index (χ2v) is 41.1. The highest BCUT2D eigenvalue weighted by molar-refractivity contribution is 8.44. The molecule has 10 aromatic rings. The van der Waals surface area contributed by atoms with Crippen LogP contribution in [0.15, 0.2) is 61.7 Å². The van der Waals surface area contributed by atoms with Crippen LogP contribution < -0.4 is 34.2 Å². The van der Waals surface area contributed by atoms with Crippen LogP contribution in [0.5, 0.6) is 0 Å². The van der Waals surface area contributed by atoms with Gasteiger partial charge in [0.15, 0.2) is 69.5 Å². The van der Waals surface area contributed by atoms with Crippen molar-refractivity contribution in [2.45, 2.75) is 149 Å². The minimum absolute atomic E-state index is 0.0108. The van der Waals surface area contributed by atoms with Crippen molar-refractivity contribution in [2.75, 3.05) is 68.8 Å². The molecule has 49 nitrogen and oxygen atoms in total. The molecule has 17 rings (SSSR count). The lowest BCUT2D eigenvalue weighted by Gasteiger charge is -2.37. The maximum Gasteiger partial charge on any atom is 0.386 e. The summed E-state index contributed by atoms with van der Waals surface area (Å²) >= 11 is 26.9. The Morgan fingerprint density at radius 3 is 1.31 bits per heavy atom. The first kappa shape index (κ1) is 80.3. The number of anilines is 5. The average molecular weight is 1780 g/mol. The summed E-state index contributed by atoms with van der Waals surface area (Å²) in [4.78, 5) is 122. The topological polar surface area (TPSA) is 643 Å². The quantitative estimate of drug-likeness (QED) is 0.0229. The standard InChI is InChI=1S/C55H68N25O24P5S5/c1-21-54(10-81)39(37(93-21)51(98-54)79-19-71-34-43(58)63-14-67-47(34)79)103-109(87,114)92-11-55-22(2)94-38(52(99-55)80-20-72-35-44(59)64-15-68-48(35)80)40(55)104-108(86,113)91-9-28-24(5-30(96-28)77-17-70-33-42(57)62-13-66-46(33)77)101-107(85,112)90-8-27-25(6-31(97-27)78-18-73-36-49(78)74-53(60)75-50(36)82)102-106(84,111)89-7-26-23(100-105(83,110)88-3)4-29(95-26)76-16-69-32-41(56)61-12-65-45(32)76/h12-31,37-40,51-52,81H,4-11H2,1-3H3,(H,83,110)(H,84,111)(H,85,112)(H,86,113)(H,87,114)(H2,56,61,65)(H2,57,62,66)(H2,58,63,67)(H2,59,64,68)(H3,60,74,75,82)/t21-,22-,23+,24+,25+,26+,27+,28+,29+,30+,31+,37?,38?,39+,40+,51+,52+,54-,55-,105?,106?,107?,108?,109?/m0/s1. The molecule has 0 aromatic carbocycles. The van der Waals surface area contributed by atoms with Gasteiger partial charge in [-0.2, -0.15) is 4.98 Å². The Balaban J connectivity index is 0.617. The molecule has 7 aliphatic rings. The molecule has 0 radical (unpaired) electrons. The van der Waals surface area contributed by atoms with Crippen molar-refractivity contribution in [3.63, 3.8) is 0 Å². The molecular weight excluding hydrogens is 1710 g/mol. The highest BCUT2D eigenvalue weighted by Crippen LogP contribution is 2.64. The van der Waals surface area contributed by atoms with Gasteiger partial charge in [-0.3, -0.25) is 46.2 Å². The van der Waals surface area contributed by atoms with Crippen molar-refractivity contribution < 1.29 is 108 Å². The number of aliphatic hydroxyl groups excluding tert-OH is 1. The maximum atomic E-state index is 15.3. The Bertz CT molecular complexity index is 5730. The van der Waals surface area contributed by atoms with Gasteiger partial charge < -0.3 is 118 Å². The Labute approximate surface area is 664 Å². The number of H-pyrrole nitrogens is 1. The Morgan fingerprint density at radius 2 is 0.868 bits per heavy atom. The lowest BCUT2D eigenvalue weighted by Crippen LogP contribution is -2.51. The second kappa shape index (κ2) is 30.3. The fraction of sp³-hybridized carbons (Fsp3) is 0.545. The molecule has 7 fully saturated rings. The van der Waals surface area contributed by atoms with E-state index in [-0.39, 0.29) is 98.7 Å². The van der Waals surface area contributed by atoms with Crippen molar-refractivity contribution in [3.05, 3.63) is 67.3 Å². The largest absolute Gasteiger partial charge is 0.393 e. The highest BCUT2D eigenvalue weighted by Gasteiger charge is 2.71. The summed E-state index contributed by atoms with van der Waals surface area (Å²) in [6.07, 6.45) is -8.48. The van der Waals surface area contributed by atoms with E-state index in [2.05, 4.69) is 87.0 Å². The summed E-state index contributed by atoms with van der Waals surface area (Å²) in [5.74, 6) is 0.00514. The van der Waals surface area contributed by atoms with E-state index in [0.717, 1.165) is 0 Å². The number of ether oxygens (including phenoxy) is 7. The minimum atomic E-state index is -4.81. The van der Waals surface area contributed by atoms with Crippen molar-refractivity contribution >= 4 is 178 Å². The van der Waals surface area contributed by atoms with Gasteiger partial charge in [0.2, 0.25) is 5.95 Å². The minimum Gasteiger partial charge on any atom is -0.393 e. The molecule has 114 heavy (non-hydrogen) atoms. The van der Waals surface area contributed by atoms with E-state index in [1.807, 2.05) is 0 Å². The fourth-order valence-corrected chi connectivity index (χ4v) is 21.8. The first-order valence-electron chi connectivity index (χ1n) is 34.1. The van der Waals surface area contributed by atoms with E-state index in [0.29, 0.717) is 5.65 Å². The van der Waals surface area contributed by atoms with E-state index in [4.69, 9.17) is 154 Å². The number of nitrogens with zero attached hydrogens (tertiary/aromatic N) is 19. The van der Waals surface area contributed by atoms with Gasteiger partial charge in [-0.1, -0.05) is 12.2 Å². The van der Waals surface area contributed by atoms with Gasteiger partial charge in [0.1, 0.15) is 120 Å². The van der Waals surface area contributed by atoms with Crippen LogP contribution in [0.1, 0.15) is 64.2 Å². The van der Waals surface area contributed by atoms with Crippen molar-refractivity contribution in [1.29, 1.82) is 0 Å². The van der Waals surface area contributed by atoms with E-state index >= 15 is 4.57 Å². The van der Waals surface area contributed by atoms with Gasteiger partial charge in [-0.25, -0.2) is 69.4 Å². The Hall–Kier alpha value is -6.15. The summed E-state index contributed by atoms with van der Waals surface area (Å²) < 4.78 is 129. The number of hydrogen-bond acceptors (Lipinski definition) is 43. The number of thiol groups is 1. The Kier molecular flexibility index (Phi) is 21.3. The summed E-state index contributed by atoms with van der Waals surface area (Å²) in [5, 5.41) is 11.1. The van der Waals surface area contributed by atoms with Crippen LogP contribution in [0, 0.1) is 0 Å². The van der Waals surface area contributed by atoms with Gasteiger partial charge >= 0.3 is 33.7 Å². The molecule has 17 heterocycles. The van der Waals surface area contributed by atoms with Gasteiger partial charge in [-0.05, 0) is 61.1 Å². The first-order valence-corrected chi connectivity index (χ1v) is 47.2. The molecule has 10 aromatic heterocycles. The molecule has 0 spiro atoms. The van der Waals surface area contributed by atoms with Crippen LogP contribution >= 0.6 is 45.9 Å². The molecule has 7 saturated heterocycles. The third-order valence-corrected chi connectivity index (χ3v) is 28.4. The van der Waals surface area contributed by atoms with Crippen molar-refractivity contribution in [2.24, 2.45) is 0 Å². The van der Waals surface area contributed by atoms with Gasteiger partial charge in [0.05, 0.1) is 95.2 Å². The third kappa shape index (κ3) is 14.8. The number of aliphatic hydroxyl groups is 1. The summed E-state index contributed by atoms with van der Waals surface area (Å²) in [6, 6.07) is 0. The monoisotopic (exact) mass is 1780 g/mol. The molecule has 24 atom stereocenters. The molecule has 4 bridgehead atoms. The van der Waals surface area contributed by atoms with Crippen LogP contribution in [0.25, 0.3) is 55.8 Å². The van der Waals surface area contributed by atoms with E-state index in [1.54, 1.807) is 18.4 Å². The maximum absolute atomic E-state index is 15.3. The normalized spacial score (nSPS) is 32.8. The smallest absolute Gasteiger partial charge is 0.386 e. The second-order valence-electron chi connectivity index (χ2n) is 26.9. The van der Waals surface area contributed by atoms with E-state index in [1.165, 1.54) is 82.3 Å². The molecule has 0 aliphatic carbocycles. The van der Waals surface area contributed by atoms with Gasteiger partial charge in [0.25, 0.3) is 5.56 Å². The van der Waals surface area contributed by atoms with E-state index in [9.17, 15) is 29.5 Å². The zero-order valence-corrected chi connectivity index (χ0v) is 67.5. The third-order valence-electron chi connectivity index (χ3n) is 20.4. The molecule has 0 amide bonds. The fourth-order valence-electron chi connectivity index (χ4n) is 14.9. The molecule has 7 unspecified atom stereocenters. The number of rotatable bonds is 29. The number of fused-ring (bicyclic) bond motifs is 9. The number of hydrogen-bond donors (Lipinski definition) is 12. The Morgan fingerprint density at radius 1 is 0.500 bits per heavy atom. The number of imidazole rings is 5. The zero-order valence-electron chi connectivity index (χ0n) is 58.9. The summed E-state index contributed by atoms with van der Waals surface area (Å²) in [6.45, 7) is -22.3. The van der Waals surface area contributed by atoms with Crippen LogP contribution in [-0.2, 0) is 130 Å². The average Bonchev–Trinajstić information content (AvgIpc) is 1.55. The van der Waals surface area contributed by atoms with E-state index < -0.39 is 188 Å². The van der Waals surface area contributed by atoms with Crippen LogP contribution in [-0.4, -0.2) is 247 Å². The van der Waals surface area contributed by atoms with Crippen LogP contribution in [0.4, 0.5) is 29.2 Å². The molecule has 0 saturated carbocycles. The number of nitrogens with one attached hydrogen (secondary N) is 1. The molecule has 16 N–H and O–H groups in total. The summed E-state index contributed by atoms with van der Waals surface area (Å²) in [7, 11) is 1.17. The highest BCUT2D eigenvalue weighted by atomic mass is 32.7. The number of nitrogens with two attached hydrogens (primary N) is 5. The van der Waals surface area contributed by atoms with Crippen molar-refractivity contribution in [1.82, 2.24) is 97.6 Å². The summed E-state index contributed by atoms with van der Waals surface area (Å²) in [5.41, 5.74) is 28.2. The number of nitrogen functional groups attached to an aromatic ring is 5. The molecular formula is C55H68N25O24P5S5. The van der Waals surface area contributed by atoms with Crippen molar-refractivity contribution in [3.8, 4) is 0 Å². The molecule has 7 aliphatic heterocycles. The van der Waals surface area contributed by atoms with Crippen LogP contribution in [0.2, 0.25) is 0 Å². The number of aromatic nitrogens is 20. The zero-order chi connectivity index (χ0) is 80.1.